The van der Waals surface area contributed by atoms with Crippen LogP contribution in [0.1, 0.15) is 22.0 Å². The number of thiocarbonyl (C=S) groups is 1. The van der Waals surface area contributed by atoms with Gasteiger partial charge in [-0.25, -0.2) is 4.79 Å². The summed E-state index contributed by atoms with van der Waals surface area (Å²) in [7, 11) is 2.89. The molecule has 0 radical (unpaired) electrons. The monoisotopic (exact) mass is 408 g/mol. The number of hydrogen-bond acceptors (Lipinski definition) is 4. The van der Waals surface area contributed by atoms with Gasteiger partial charge in [-0.2, -0.15) is 0 Å². The van der Waals surface area contributed by atoms with Gasteiger partial charge in [0.1, 0.15) is 11.9 Å². The van der Waals surface area contributed by atoms with Crippen molar-refractivity contribution in [1.29, 1.82) is 0 Å². The normalized spacial score (nSPS) is 16.1. The molecule has 0 bridgehead atoms. The molecule has 1 aromatic heterocycles. The zero-order valence-electron chi connectivity index (χ0n) is 12.8. The summed E-state index contributed by atoms with van der Waals surface area (Å²) >= 11 is 8.44. The number of rotatable bonds is 2. The van der Waals surface area contributed by atoms with Gasteiger partial charge in [-0.3, -0.25) is 18.7 Å². The Morgan fingerprint density at radius 1 is 1.17 bits per heavy atom. The third kappa shape index (κ3) is 2.59. The molecule has 1 aliphatic heterocycles. The van der Waals surface area contributed by atoms with Crippen molar-refractivity contribution >= 4 is 44.9 Å². The molecule has 0 fully saturated rings. The quantitative estimate of drug-likeness (QED) is 0.570. The van der Waals surface area contributed by atoms with Gasteiger partial charge in [0.05, 0.1) is 5.56 Å². The van der Waals surface area contributed by atoms with Crippen molar-refractivity contribution in [2.75, 3.05) is 5.32 Å². The average Bonchev–Trinajstić information content (AvgIpc) is 2.57. The highest BCUT2D eigenvalue weighted by molar-refractivity contribution is 9.10. The lowest BCUT2D eigenvalue weighted by molar-refractivity contribution is 0.0951. The SMILES string of the molecule is Cn1c2c(c(=O)n(C)c1=O)C(C(=O)c1ccc(Br)cc1)NC(=S)N2. The molecular formula is C15H13BrN4O3S. The minimum absolute atomic E-state index is 0.168. The zero-order valence-corrected chi connectivity index (χ0v) is 15.2. The van der Waals surface area contributed by atoms with E-state index in [2.05, 4.69) is 26.6 Å². The molecule has 24 heavy (non-hydrogen) atoms. The molecule has 0 spiro atoms. The molecule has 0 saturated carbocycles. The second-order valence-electron chi connectivity index (χ2n) is 5.37. The van der Waals surface area contributed by atoms with E-state index in [9.17, 15) is 14.4 Å². The van der Waals surface area contributed by atoms with E-state index in [4.69, 9.17) is 12.2 Å². The smallest absolute Gasteiger partial charge is 0.332 e. The standard InChI is InChI=1S/C15H13BrN4O3S/c1-19-12-9(13(22)20(2)15(19)23)10(17-14(24)18-12)11(21)7-3-5-8(16)6-4-7/h3-6,10H,1-2H3,(H2,17,18,24). The topological polar surface area (TPSA) is 85.1 Å². The summed E-state index contributed by atoms with van der Waals surface area (Å²) in [5.41, 5.74) is -0.430. The number of hydrogen-bond donors (Lipinski definition) is 2. The molecule has 2 N–H and O–H groups in total. The number of Topliss-reactive ketones (excluding diaryl/α,β-unsaturated/α-hetero) is 1. The molecular weight excluding hydrogens is 396 g/mol. The molecule has 1 aliphatic rings. The summed E-state index contributed by atoms with van der Waals surface area (Å²) in [5, 5.41) is 5.80. The van der Waals surface area contributed by atoms with Gasteiger partial charge in [0.2, 0.25) is 0 Å². The van der Waals surface area contributed by atoms with Crippen LogP contribution in [-0.4, -0.2) is 20.0 Å². The highest BCUT2D eigenvalue weighted by Crippen LogP contribution is 2.26. The number of nitrogens with one attached hydrogen (secondary N) is 2. The Kier molecular flexibility index (Phi) is 4.14. The zero-order chi connectivity index (χ0) is 17.6. The number of nitrogens with zero attached hydrogens (tertiary/aromatic N) is 2. The maximum atomic E-state index is 12.9. The average molecular weight is 409 g/mol. The molecule has 0 saturated heterocycles. The number of carbonyl (C=O) groups is 1. The fourth-order valence-corrected chi connectivity index (χ4v) is 3.08. The Labute approximate surface area is 150 Å². The number of aromatic nitrogens is 2. The largest absolute Gasteiger partial charge is 0.348 e. The van der Waals surface area contributed by atoms with E-state index >= 15 is 0 Å². The van der Waals surface area contributed by atoms with Crippen molar-refractivity contribution in [2.45, 2.75) is 6.04 Å². The maximum absolute atomic E-state index is 12.9. The summed E-state index contributed by atoms with van der Waals surface area (Å²) in [6, 6.07) is 5.84. The Balaban J connectivity index is 2.21. The van der Waals surface area contributed by atoms with E-state index < -0.39 is 17.3 Å². The number of fused-ring (bicyclic) bond motifs is 1. The molecule has 0 aliphatic carbocycles. The third-order valence-corrected chi connectivity index (χ3v) is 4.63. The van der Waals surface area contributed by atoms with Gasteiger partial charge < -0.3 is 10.6 Å². The number of anilines is 1. The lowest BCUT2D eigenvalue weighted by atomic mass is 9.97. The lowest BCUT2D eigenvalue weighted by Gasteiger charge is -2.29. The van der Waals surface area contributed by atoms with E-state index in [1.165, 1.54) is 18.7 Å². The molecule has 2 aromatic rings. The number of ketones is 1. The van der Waals surface area contributed by atoms with Crippen molar-refractivity contribution in [3.63, 3.8) is 0 Å². The molecule has 3 rings (SSSR count). The van der Waals surface area contributed by atoms with Crippen molar-refractivity contribution < 1.29 is 4.79 Å². The summed E-state index contributed by atoms with van der Waals surface area (Å²) in [5.74, 6) is -0.0642. The minimum atomic E-state index is -0.958. The molecule has 2 heterocycles. The highest BCUT2D eigenvalue weighted by Gasteiger charge is 2.34. The fourth-order valence-electron chi connectivity index (χ4n) is 2.61. The van der Waals surface area contributed by atoms with Gasteiger partial charge >= 0.3 is 5.69 Å². The molecule has 1 atom stereocenters. The van der Waals surface area contributed by atoms with Gasteiger partial charge in [-0.05, 0) is 24.4 Å². The van der Waals surface area contributed by atoms with Crippen molar-refractivity contribution in [2.24, 2.45) is 14.1 Å². The van der Waals surface area contributed by atoms with Crippen molar-refractivity contribution in [3.8, 4) is 0 Å². The van der Waals surface area contributed by atoms with Gasteiger partial charge in [0, 0.05) is 24.1 Å². The van der Waals surface area contributed by atoms with Crippen LogP contribution >= 0.6 is 28.1 Å². The van der Waals surface area contributed by atoms with E-state index in [0.29, 0.717) is 5.56 Å². The van der Waals surface area contributed by atoms with Crippen LogP contribution in [0.25, 0.3) is 0 Å². The van der Waals surface area contributed by atoms with Crippen LogP contribution in [-0.2, 0) is 14.1 Å². The van der Waals surface area contributed by atoms with Gasteiger partial charge in [0.25, 0.3) is 5.56 Å². The van der Waals surface area contributed by atoms with Gasteiger partial charge in [0.15, 0.2) is 10.9 Å². The van der Waals surface area contributed by atoms with E-state index in [-0.39, 0.29) is 22.3 Å². The van der Waals surface area contributed by atoms with E-state index in [0.717, 1.165) is 9.04 Å². The number of benzene rings is 1. The summed E-state index contributed by atoms with van der Waals surface area (Å²) in [6.07, 6.45) is 0. The summed E-state index contributed by atoms with van der Waals surface area (Å²) in [6.45, 7) is 0. The fraction of sp³-hybridized carbons (Fsp3) is 0.200. The summed E-state index contributed by atoms with van der Waals surface area (Å²) < 4.78 is 3.08. The minimum Gasteiger partial charge on any atom is -0.348 e. The first-order valence-electron chi connectivity index (χ1n) is 6.98. The van der Waals surface area contributed by atoms with Crippen molar-refractivity contribution in [1.82, 2.24) is 14.5 Å². The summed E-state index contributed by atoms with van der Waals surface area (Å²) in [4.78, 5) is 37.5. The Hall–Kier alpha value is -2.26. The second-order valence-corrected chi connectivity index (χ2v) is 6.69. The predicted octanol–water partition coefficient (Wildman–Crippen LogP) is 1.07. The lowest BCUT2D eigenvalue weighted by Crippen LogP contribution is -2.50. The van der Waals surface area contributed by atoms with Crippen LogP contribution in [0.5, 0.6) is 0 Å². The van der Waals surface area contributed by atoms with Gasteiger partial charge in [-0.1, -0.05) is 28.1 Å². The van der Waals surface area contributed by atoms with Crippen molar-refractivity contribution in [3.05, 3.63) is 60.7 Å². The first-order valence-corrected chi connectivity index (χ1v) is 8.18. The highest BCUT2D eigenvalue weighted by atomic mass is 79.9. The molecule has 7 nitrogen and oxygen atoms in total. The molecule has 9 heteroatoms. The Morgan fingerprint density at radius 2 is 1.79 bits per heavy atom. The van der Waals surface area contributed by atoms with Crippen LogP contribution in [0.15, 0.2) is 38.3 Å². The molecule has 0 amide bonds. The van der Waals surface area contributed by atoms with E-state index in [1.807, 2.05) is 0 Å². The third-order valence-electron chi connectivity index (χ3n) is 3.89. The first kappa shape index (κ1) is 16.6. The van der Waals surface area contributed by atoms with E-state index in [1.54, 1.807) is 24.3 Å². The first-order chi connectivity index (χ1) is 11.3. The number of carbonyl (C=O) groups excluding carboxylic acids is 1. The van der Waals surface area contributed by atoms with Crippen LogP contribution in [0.2, 0.25) is 0 Å². The second kappa shape index (κ2) is 5.99. The Bertz CT molecular complexity index is 978. The van der Waals surface area contributed by atoms with Crippen LogP contribution in [0, 0.1) is 0 Å². The number of halogens is 1. The predicted molar refractivity (Wildman–Crippen MR) is 97.5 cm³/mol. The van der Waals surface area contributed by atoms with Crippen LogP contribution < -0.4 is 21.9 Å². The van der Waals surface area contributed by atoms with Crippen LogP contribution in [0.4, 0.5) is 5.82 Å². The molecule has 1 unspecified atom stereocenters. The molecule has 1 aromatic carbocycles. The maximum Gasteiger partial charge on any atom is 0.332 e. The molecule has 124 valence electrons. The van der Waals surface area contributed by atoms with Crippen LogP contribution in [0.3, 0.4) is 0 Å². The Morgan fingerprint density at radius 3 is 2.42 bits per heavy atom. The van der Waals surface area contributed by atoms with Gasteiger partial charge in [-0.15, -0.1) is 0 Å².